The molecule has 2 aromatic rings. The topological polar surface area (TPSA) is 46.2 Å². The first-order valence-corrected chi connectivity index (χ1v) is 10.5. The fourth-order valence-electron chi connectivity index (χ4n) is 3.80. The van der Waals surface area contributed by atoms with E-state index < -0.39 is 10.8 Å². The van der Waals surface area contributed by atoms with Crippen LogP contribution in [0.2, 0.25) is 0 Å². The quantitative estimate of drug-likeness (QED) is 0.856. The molecule has 0 aliphatic heterocycles. The molecular formula is C21H25NO2S. The van der Waals surface area contributed by atoms with Crippen molar-refractivity contribution in [3.05, 3.63) is 71.3 Å². The van der Waals surface area contributed by atoms with E-state index in [1.165, 1.54) is 18.4 Å². The molecule has 0 bridgehead atoms. The highest BCUT2D eigenvalue weighted by atomic mass is 32.2. The summed E-state index contributed by atoms with van der Waals surface area (Å²) >= 11 is 0. The molecule has 25 heavy (non-hydrogen) atoms. The fourth-order valence-corrected chi connectivity index (χ4v) is 4.45. The third kappa shape index (κ3) is 4.37. The number of hydrogen-bond acceptors (Lipinski definition) is 2. The number of carbonyl (C=O) groups is 1. The largest absolute Gasteiger partial charge is 0.351 e. The molecule has 0 radical (unpaired) electrons. The van der Waals surface area contributed by atoms with Crippen molar-refractivity contribution in [1.82, 2.24) is 5.32 Å². The van der Waals surface area contributed by atoms with E-state index in [4.69, 9.17) is 0 Å². The van der Waals surface area contributed by atoms with Crippen molar-refractivity contribution < 1.29 is 9.00 Å². The molecule has 1 fully saturated rings. The standard InChI is InChI=1S/C21H25NO2S/c1-25(24)15-17-8-7-9-18(14-17)20(23)22-16-21(12-5-6-13-21)19-10-3-2-4-11-19/h2-4,7-11,14H,5-6,12-13,15-16H2,1H3,(H,22,23). The molecule has 0 saturated heterocycles. The molecule has 132 valence electrons. The second kappa shape index (κ2) is 7.96. The second-order valence-corrected chi connectivity index (χ2v) is 8.39. The molecule has 3 rings (SSSR count). The number of rotatable bonds is 6. The molecule has 4 heteroatoms. The van der Waals surface area contributed by atoms with Crippen molar-refractivity contribution in [2.24, 2.45) is 0 Å². The zero-order valence-corrected chi connectivity index (χ0v) is 15.5. The summed E-state index contributed by atoms with van der Waals surface area (Å²) in [6.07, 6.45) is 6.33. The zero-order chi connectivity index (χ0) is 17.7. The van der Waals surface area contributed by atoms with Gasteiger partial charge < -0.3 is 5.32 Å². The van der Waals surface area contributed by atoms with Crippen molar-refractivity contribution in [2.45, 2.75) is 36.9 Å². The number of carbonyl (C=O) groups excluding carboxylic acids is 1. The Hall–Kier alpha value is -1.94. The molecule has 1 N–H and O–H groups in total. The SMILES string of the molecule is CS(=O)Cc1cccc(C(=O)NCC2(c3ccccc3)CCCC2)c1. The van der Waals surface area contributed by atoms with E-state index in [2.05, 4.69) is 29.6 Å². The van der Waals surface area contributed by atoms with Crippen molar-refractivity contribution in [3.8, 4) is 0 Å². The Bertz CT molecular complexity index is 752. The summed E-state index contributed by atoms with van der Waals surface area (Å²) in [6, 6.07) is 18.0. The molecule has 1 atom stereocenters. The number of amides is 1. The smallest absolute Gasteiger partial charge is 0.251 e. The van der Waals surface area contributed by atoms with Gasteiger partial charge in [0.05, 0.1) is 0 Å². The van der Waals surface area contributed by atoms with Crippen LogP contribution in [0.3, 0.4) is 0 Å². The summed E-state index contributed by atoms with van der Waals surface area (Å²) in [5, 5.41) is 3.15. The minimum Gasteiger partial charge on any atom is -0.351 e. The molecule has 2 aromatic carbocycles. The lowest BCUT2D eigenvalue weighted by molar-refractivity contribution is 0.0943. The average molecular weight is 356 g/mol. The summed E-state index contributed by atoms with van der Waals surface area (Å²) < 4.78 is 11.4. The van der Waals surface area contributed by atoms with Gasteiger partial charge in [0.15, 0.2) is 0 Å². The molecule has 0 heterocycles. The Morgan fingerprint density at radius 1 is 1.08 bits per heavy atom. The van der Waals surface area contributed by atoms with Crippen LogP contribution in [0, 0.1) is 0 Å². The minimum atomic E-state index is -0.907. The van der Waals surface area contributed by atoms with Gasteiger partial charge in [-0.05, 0) is 36.1 Å². The average Bonchev–Trinajstić information content (AvgIpc) is 3.10. The predicted octanol–water partition coefficient (Wildman–Crippen LogP) is 3.81. The van der Waals surface area contributed by atoms with E-state index in [1.807, 2.05) is 30.3 Å². The van der Waals surface area contributed by atoms with Gasteiger partial charge in [-0.15, -0.1) is 0 Å². The molecule has 3 nitrogen and oxygen atoms in total. The molecule has 0 spiro atoms. The van der Waals surface area contributed by atoms with Crippen molar-refractivity contribution in [2.75, 3.05) is 12.8 Å². The molecular weight excluding hydrogens is 330 g/mol. The molecule has 1 aliphatic rings. The summed E-state index contributed by atoms with van der Waals surface area (Å²) in [6.45, 7) is 0.666. The number of benzene rings is 2. The molecule has 1 amide bonds. The first-order valence-electron chi connectivity index (χ1n) is 8.82. The van der Waals surface area contributed by atoms with Crippen LogP contribution in [-0.4, -0.2) is 22.9 Å². The van der Waals surface area contributed by atoms with Crippen LogP contribution in [0.1, 0.15) is 47.2 Å². The van der Waals surface area contributed by atoms with E-state index >= 15 is 0 Å². The van der Waals surface area contributed by atoms with Gasteiger partial charge in [0, 0.05) is 40.3 Å². The van der Waals surface area contributed by atoms with Crippen LogP contribution in [0.4, 0.5) is 0 Å². The van der Waals surface area contributed by atoms with Gasteiger partial charge in [-0.1, -0.05) is 55.3 Å². The first-order chi connectivity index (χ1) is 12.1. The molecule has 1 saturated carbocycles. The lowest BCUT2D eigenvalue weighted by atomic mass is 9.79. The first kappa shape index (κ1) is 17.9. The Kier molecular flexibility index (Phi) is 5.69. The third-order valence-electron chi connectivity index (χ3n) is 5.09. The Balaban J connectivity index is 1.71. The molecule has 0 aromatic heterocycles. The summed E-state index contributed by atoms with van der Waals surface area (Å²) in [5.74, 6) is 0.431. The van der Waals surface area contributed by atoms with E-state index in [-0.39, 0.29) is 11.3 Å². The Morgan fingerprint density at radius 2 is 1.80 bits per heavy atom. The van der Waals surface area contributed by atoms with Gasteiger partial charge >= 0.3 is 0 Å². The van der Waals surface area contributed by atoms with E-state index in [0.29, 0.717) is 17.9 Å². The zero-order valence-electron chi connectivity index (χ0n) is 14.7. The lowest BCUT2D eigenvalue weighted by Gasteiger charge is -2.30. The van der Waals surface area contributed by atoms with Crippen molar-refractivity contribution in [1.29, 1.82) is 0 Å². The van der Waals surface area contributed by atoms with Gasteiger partial charge in [0.25, 0.3) is 5.91 Å². The Labute approximate surface area is 152 Å². The maximum Gasteiger partial charge on any atom is 0.251 e. The van der Waals surface area contributed by atoms with Gasteiger partial charge in [0.2, 0.25) is 0 Å². The Morgan fingerprint density at radius 3 is 2.48 bits per heavy atom. The second-order valence-electron chi connectivity index (χ2n) is 6.95. The summed E-state index contributed by atoms with van der Waals surface area (Å²) in [4.78, 5) is 12.6. The number of nitrogens with one attached hydrogen (secondary N) is 1. The molecule has 1 aliphatic carbocycles. The number of hydrogen-bond donors (Lipinski definition) is 1. The maximum atomic E-state index is 12.6. The minimum absolute atomic E-state index is 0.0501. The van der Waals surface area contributed by atoms with Gasteiger partial charge in [-0.25, -0.2) is 0 Å². The summed E-state index contributed by atoms with van der Waals surface area (Å²) in [7, 11) is -0.907. The van der Waals surface area contributed by atoms with Crippen molar-refractivity contribution >= 4 is 16.7 Å². The van der Waals surface area contributed by atoms with Crippen LogP contribution in [0.5, 0.6) is 0 Å². The van der Waals surface area contributed by atoms with Crippen molar-refractivity contribution in [3.63, 3.8) is 0 Å². The third-order valence-corrected chi connectivity index (χ3v) is 5.83. The maximum absolute atomic E-state index is 12.6. The highest BCUT2D eigenvalue weighted by Gasteiger charge is 2.35. The van der Waals surface area contributed by atoms with Crippen LogP contribution >= 0.6 is 0 Å². The van der Waals surface area contributed by atoms with E-state index in [0.717, 1.165) is 18.4 Å². The van der Waals surface area contributed by atoms with Gasteiger partial charge in [-0.2, -0.15) is 0 Å². The lowest BCUT2D eigenvalue weighted by Crippen LogP contribution is -2.39. The summed E-state index contributed by atoms with van der Waals surface area (Å²) in [5.41, 5.74) is 2.96. The van der Waals surface area contributed by atoms with E-state index in [9.17, 15) is 9.00 Å². The highest BCUT2D eigenvalue weighted by molar-refractivity contribution is 7.83. The fraction of sp³-hybridized carbons (Fsp3) is 0.381. The monoisotopic (exact) mass is 355 g/mol. The van der Waals surface area contributed by atoms with Crippen LogP contribution in [-0.2, 0) is 22.0 Å². The van der Waals surface area contributed by atoms with Gasteiger partial charge in [-0.3, -0.25) is 9.00 Å². The molecule has 1 unspecified atom stereocenters. The van der Waals surface area contributed by atoms with Crippen LogP contribution < -0.4 is 5.32 Å². The van der Waals surface area contributed by atoms with Gasteiger partial charge in [0.1, 0.15) is 0 Å². The predicted molar refractivity (Wildman–Crippen MR) is 103 cm³/mol. The van der Waals surface area contributed by atoms with E-state index in [1.54, 1.807) is 6.26 Å². The normalized spacial score (nSPS) is 17.2. The van der Waals surface area contributed by atoms with Crippen LogP contribution in [0.25, 0.3) is 0 Å². The van der Waals surface area contributed by atoms with Crippen LogP contribution in [0.15, 0.2) is 54.6 Å². The highest BCUT2D eigenvalue weighted by Crippen LogP contribution is 2.40.